The van der Waals surface area contributed by atoms with Gasteiger partial charge in [0.15, 0.2) is 0 Å². The fraction of sp³-hybridized carbons (Fsp3) is 0.182. The number of ether oxygens (including phenoxy) is 1. The molecular weight excluding hydrogens is 397 g/mol. The molecule has 1 heterocycles. The van der Waals surface area contributed by atoms with E-state index in [0.29, 0.717) is 33.4 Å². The molecule has 0 saturated carbocycles. The number of hydrogen-bond acceptors (Lipinski definition) is 3. The average Bonchev–Trinajstić information content (AvgIpc) is 2.70. The molecule has 2 aromatic carbocycles. The Hall–Kier alpha value is -2.56. The van der Waals surface area contributed by atoms with Crippen LogP contribution in [0.25, 0.3) is 22.4 Å². The second kappa shape index (κ2) is 8.21. The van der Waals surface area contributed by atoms with E-state index in [1.807, 2.05) is 48.7 Å². The van der Waals surface area contributed by atoms with Crippen LogP contribution in [0.5, 0.6) is 0 Å². The largest absolute Gasteiger partial charge is 0.465 e. The smallest absolute Gasteiger partial charge is 0.344 e. The summed E-state index contributed by atoms with van der Waals surface area (Å²) in [7, 11) is 1.26. The number of rotatable bonds is 4. The minimum Gasteiger partial charge on any atom is -0.465 e. The SMILES string of the molecule is CCn1c(C)c(-c2ccccc2)c(=O)c(C(=O)OC)c1-c1ccc(Cl)c(Cl)c1. The molecule has 0 atom stereocenters. The van der Waals surface area contributed by atoms with E-state index in [1.54, 1.807) is 18.2 Å². The molecular formula is C22H19Cl2NO3. The fourth-order valence-corrected chi connectivity index (χ4v) is 3.71. The van der Waals surface area contributed by atoms with Gasteiger partial charge in [-0.15, -0.1) is 0 Å². The van der Waals surface area contributed by atoms with Crippen LogP contribution >= 0.6 is 23.2 Å². The molecule has 4 nitrogen and oxygen atoms in total. The Morgan fingerprint density at radius 3 is 2.29 bits per heavy atom. The van der Waals surface area contributed by atoms with Crippen molar-refractivity contribution in [3.05, 3.63) is 80.1 Å². The zero-order chi connectivity index (χ0) is 20.4. The number of pyridine rings is 1. The molecule has 144 valence electrons. The average molecular weight is 416 g/mol. The maximum absolute atomic E-state index is 13.4. The number of nitrogens with zero attached hydrogens (tertiary/aromatic N) is 1. The minimum atomic E-state index is -0.689. The zero-order valence-electron chi connectivity index (χ0n) is 15.8. The molecule has 0 unspecified atom stereocenters. The van der Waals surface area contributed by atoms with Crippen molar-refractivity contribution in [2.24, 2.45) is 0 Å². The summed E-state index contributed by atoms with van der Waals surface area (Å²) in [6, 6.07) is 14.3. The van der Waals surface area contributed by atoms with Gasteiger partial charge in [0.2, 0.25) is 5.43 Å². The van der Waals surface area contributed by atoms with Crippen LogP contribution in [-0.2, 0) is 11.3 Å². The molecule has 0 amide bonds. The molecule has 3 aromatic rings. The van der Waals surface area contributed by atoms with E-state index in [-0.39, 0.29) is 11.0 Å². The van der Waals surface area contributed by atoms with Crippen LogP contribution in [0.4, 0.5) is 0 Å². The summed E-state index contributed by atoms with van der Waals surface area (Å²) in [5, 5.41) is 0.739. The van der Waals surface area contributed by atoms with E-state index >= 15 is 0 Å². The third-order valence-electron chi connectivity index (χ3n) is 4.69. The molecule has 1 aromatic heterocycles. The van der Waals surface area contributed by atoms with Crippen LogP contribution in [0.15, 0.2) is 53.3 Å². The van der Waals surface area contributed by atoms with Crippen LogP contribution in [-0.4, -0.2) is 17.6 Å². The number of benzene rings is 2. The summed E-state index contributed by atoms with van der Waals surface area (Å²) in [6.45, 7) is 4.37. The first-order valence-electron chi connectivity index (χ1n) is 8.77. The highest BCUT2D eigenvalue weighted by Gasteiger charge is 2.26. The van der Waals surface area contributed by atoms with Gasteiger partial charge in [0.05, 0.1) is 22.8 Å². The number of esters is 1. The van der Waals surface area contributed by atoms with Crippen molar-refractivity contribution in [1.29, 1.82) is 0 Å². The predicted molar refractivity (Wildman–Crippen MR) is 113 cm³/mol. The van der Waals surface area contributed by atoms with Crippen molar-refractivity contribution in [3.8, 4) is 22.4 Å². The summed E-state index contributed by atoms with van der Waals surface area (Å²) in [4.78, 5) is 26.1. The molecule has 0 aliphatic heterocycles. The van der Waals surface area contributed by atoms with Crippen molar-refractivity contribution in [2.45, 2.75) is 20.4 Å². The summed E-state index contributed by atoms with van der Waals surface area (Å²) in [5.41, 5.74) is 2.68. The number of carbonyl (C=O) groups is 1. The van der Waals surface area contributed by atoms with Crippen LogP contribution < -0.4 is 5.43 Å². The zero-order valence-corrected chi connectivity index (χ0v) is 17.3. The normalized spacial score (nSPS) is 10.8. The minimum absolute atomic E-state index is 0.0211. The lowest BCUT2D eigenvalue weighted by Crippen LogP contribution is -2.26. The standard InChI is InChI=1S/C22H19Cl2NO3/c1-4-25-13(2)18(14-8-6-5-7-9-14)21(26)19(22(27)28-3)20(25)15-10-11-16(23)17(24)12-15/h5-12H,4H2,1-3H3. The van der Waals surface area contributed by atoms with E-state index in [9.17, 15) is 9.59 Å². The third kappa shape index (κ3) is 3.46. The Labute approximate surface area is 173 Å². The summed E-state index contributed by atoms with van der Waals surface area (Å²) >= 11 is 12.2. The molecule has 0 aliphatic rings. The van der Waals surface area contributed by atoms with E-state index in [2.05, 4.69) is 0 Å². The molecule has 0 bridgehead atoms. The highest BCUT2D eigenvalue weighted by atomic mass is 35.5. The summed E-state index contributed by atoms with van der Waals surface area (Å²) in [6.07, 6.45) is 0. The first kappa shape index (κ1) is 20.2. The topological polar surface area (TPSA) is 48.3 Å². The Bertz CT molecular complexity index is 1110. The Balaban J connectivity index is 2.47. The van der Waals surface area contributed by atoms with Gasteiger partial charge in [-0.25, -0.2) is 4.79 Å². The maximum Gasteiger partial charge on any atom is 0.344 e. The quantitative estimate of drug-likeness (QED) is 0.520. The van der Waals surface area contributed by atoms with Gasteiger partial charge in [0.1, 0.15) is 5.56 Å². The van der Waals surface area contributed by atoms with E-state index in [4.69, 9.17) is 27.9 Å². The van der Waals surface area contributed by atoms with Gasteiger partial charge in [-0.1, -0.05) is 59.6 Å². The summed E-state index contributed by atoms with van der Waals surface area (Å²) in [5.74, 6) is -0.689. The van der Waals surface area contributed by atoms with Crippen LogP contribution in [0, 0.1) is 6.92 Å². The maximum atomic E-state index is 13.4. The molecule has 0 saturated heterocycles. The lowest BCUT2D eigenvalue weighted by Gasteiger charge is -2.22. The lowest BCUT2D eigenvalue weighted by atomic mass is 9.96. The van der Waals surface area contributed by atoms with Gasteiger partial charge >= 0.3 is 5.97 Å². The molecule has 3 rings (SSSR count). The van der Waals surface area contributed by atoms with Crippen molar-refractivity contribution in [3.63, 3.8) is 0 Å². The van der Waals surface area contributed by atoms with Crippen molar-refractivity contribution >= 4 is 29.2 Å². The van der Waals surface area contributed by atoms with E-state index in [1.165, 1.54) is 7.11 Å². The van der Waals surface area contributed by atoms with Crippen molar-refractivity contribution < 1.29 is 9.53 Å². The molecule has 28 heavy (non-hydrogen) atoms. The molecule has 0 spiro atoms. The number of halogens is 2. The van der Waals surface area contributed by atoms with E-state index in [0.717, 1.165) is 11.3 Å². The fourth-order valence-electron chi connectivity index (χ4n) is 3.41. The molecule has 0 aliphatic carbocycles. The third-order valence-corrected chi connectivity index (χ3v) is 5.43. The van der Waals surface area contributed by atoms with Crippen molar-refractivity contribution in [2.75, 3.05) is 7.11 Å². The number of aromatic nitrogens is 1. The highest BCUT2D eigenvalue weighted by Crippen LogP contribution is 2.33. The van der Waals surface area contributed by atoms with Crippen LogP contribution in [0.1, 0.15) is 23.0 Å². The van der Waals surface area contributed by atoms with Gasteiger partial charge in [-0.3, -0.25) is 4.79 Å². The van der Waals surface area contributed by atoms with Gasteiger partial charge in [-0.2, -0.15) is 0 Å². The first-order chi connectivity index (χ1) is 13.4. The second-order valence-corrected chi connectivity index (χ2v) is 7.06. The number of carbonyl (C=O) groups excluding carboxylic acids is 1. The van der Waals surface area contributed by atoms with Crippen LogP contribution in [0.2, 0.25) is 10.0 Å². The van der Waals surface area contributed by atoms with Crippen LogP contribution in [0.3, 0.4) is 0 Å². The van der Waals surface area contributed by atoms with Crippen molar-refractivity contribution in [1.82, 2.24) is 4.57 Å². The monoisotopic (exact) mass is 415 g/mol. The Morgan fingerprint density at radius 1 is 1.04 bits per heavy atom. The Morgan fingerprint density at radius 2 is 1.71 bits per heavy atom. The highest BCUT2D eigenvalue weighted by molar-refractivity contribution is 6.42. The van der Waals surface area contributed by atoms with Gasteiger partial charge in [-0.05, 0) is 31.5 Å². The lowest BCUT2D eigenvalue weighted by molar-refractivity contribution is 0.0599. The molecule has 0 radical (unpaired) electrons. The number of methoxy groups -OCH3 is 1. The predicted octanol–water partition coefficient (Wildman–Crippen LogP) is 5.60. The number of hydrogen-bond donors (Lipinski definition) is 0. The van der Waals surface area contributed by atoms with E-state index < -0.39 is 5.97 Å². The first-order valence-corrected chi connectivity index (χ1v) is 9.52. The second-order valence-electron chi connectivity index (χ2n) is 6.24. The van der Waals surface area contributed by atoms with Gasteiger partial charge < -0.3 is 9.30 Å². The molecule has 6 heteroatoms. The molecule has 0 fully saturated rings. The molecule has 0 N–H and O–H groups in total. The Kier molecular flexibility index (Phi) is 5.92. The van der Waals surface area contributed by atoms with Gasteiger partial charge in [0, 0.05) is 23.4 Å². The van der Waals surface area contributed by atoms with Gasteiger partial charge in [0.25, 0.3) is 0 Å². The summed E-state index contributed by atoms with van der Waals surface area (Å²) < 4.78 is 6.88.